The number of benzene rings is 7. The monoisotopic (exact) mass is 703 g/mol. The zero-order valence-corrected chi connectivity index (χ0v) is 30.4. The molecule has 0 unspecified atom stereocenters. The maximum Gasteiger partial charge on any atom is 0.310 e. The molecule has 260 valence electrons. The predicted octanol–water partition coefficient (Wildman–Crippen LogP) is 13.0. The summed E-state index contributed by atoms with van der Waals surface area (Å²) in [6.07, 6.45) is 0.819. The van der Waals surface area contributed by atoms with Crippen LogP contribution in [0.15, 0.2) is 166 Å². The summed E-state index contributed by atoms with van der Waals surface area (Å²) in [7, 11) is -1.62. The average molecular weight is 704 g/mol. The van der Waals surface area contributed by atoms with Gasteiger partial charge in [-0.15, -0.1) is 0 Å². The van der Waals surface area contributed by atoms with Crippen molar-refractivity contribution in [1.82, 2.24) is 0 Å². The molecule has 7 aromatic carbocycles. The van der Waals surface area contributed by atoms with Crippen LogP contribution in [-0.4, -0.2) is 13.2 Å². The lowest BCUT2D eigenvalue weighted by atomic mass is 9.99. The molecule has 0 bridgehead atoms. The number of rotatable bonds is 12. The smallest absolute Gasteiger partial charge is 0.310 e. The van der Waals surface area contributed by atoms with Crippen LogP contribution in [-0.2, 0) is 11.3 Å². The van der Waals surface area contributed by atoms with Crippen molar-refractivity contribution >= 4 is 51.6 Å². The van der Waals surface area contributed by atoms with Crippen molar-refractivity contribution in [3.05, 3.63) is 174 Å². The second kappa shape index (κ2) is 15.5. The number of hydrogen-bond acceptors (Lipinski definition) is 5. The first-order valence-corrected chi connectivity index (χ1v) is 19.1. The van der Waals surface area contributed by atoms with Gasteiger partial charge in [0.25, 0.3) is 0 Å². The lowest BCUT2D eigenvalue weighted by Gasteiger charge is -2.31. The van der Waals surface area contributed by atoms with E-state index < -0.39 is 8.16 Å². The topological polar surface area (TPSA) is 48.0 Å². The van der Waals surface area contributed by atoms with Crippen LogP contribution in [0.5, 0.6) is 5.75 Å². The molecule has 52 heavy (non-hydrogen) atoms. The summed E-state index contributed by atoms with van der Waals surface area (Å²) in [5, 5.41) is 6.77. The third-order valence-corrected chi connectivity index (χ3v) is 11.6. The Bertz CT molecular complexity index is 2370. The van der Waals surface area contributed by atoms with Crippen LogP contribution in [0.1, 0.15) is 49.0 Å². The fraction of sp³-hybridized carbons (Fsp3) is 0.174. The first kappa shape index (κ1) is 33.8. The van der Waals surface area contributed by atoms with E-state index in [4.69, 9.17) is 17.9 Å². The van der Waals surface area contributed by atoms with Crippen LogP contribution in [0.4, 0.5) is 0 Å². The lowest BCUT2D eigenvalue weighted by molar-refractivity contribution is 0.107. The van der Waals surface area contributed by atoms with E-state index in [1.807, 2.05) is 18.2 Å². The Morgan fingerprint density at radius 3 is 1.65 bits per heavy atom. The second-order valence-corrected chi connectivity index (χ2v) is 14.5. The molecule has 0 aliphatic carbocycles. The first-order valence-electron chi connectivity index (χ1n) is 18.0. The van der Waals surface area contributed by atoms with E-state index in [-0.39, 0.29) is 12.1 Å². The molecule has 0 amide bonds. The minimum absolute atomic E-state index is 0.0139. The summed E-state index contributed by atoms with van der Waals surface area (Å²) in [5.41, 5.74) is 5.18. The third-order valence-electron chi connectivity index (χ3n) is 9.82. The summed E-state index contributed by atoms with van der Waals surface area (Å²) >= 11 is 0. The molecular formula is C46H42NO4P. The van der Waals surface area contributed by atoms with Crippen molar-refractivity contribution in [2.75, 3.05) is 17.9 Å². The SMILES string of the molecule is C[C@@H](c1ccccc1)N([C@@H](C)c1ccc(OCCCOCc2ccccc2)cc1)p1oc2ccc3ccccc3c2c2c(ccc3ccccc32)o1. The molecule has 1 heterocycles. The summed E-state index contributed by atoms with van der Waals surface area (Å²) < 4.78 is 28.6. The maximum atomic E-state index is 7.11. The normalized spacial score (nSPS) is 12.8. The molecule has 8 aromatic rings. The van der Waals surface area contributed by atoms with Gasteiger partial charge < -0.3 is 17.9 Å². The van der Waals surface area contributed by atoms with Crippen LogP contribution < -0.4 is 9.41 Å². The molecule has 2 atom stereocenters. The Morgan fingerprint density at radius 1 is 0.538 bits per heavy atom. The van der Waals surface area contributed by atoms with Crippen molar-refractivity contribution in [1.29, 1.82) is 0 Å². The van der Waals surface area contributed by atoms with Crippen molar-refractivity contribution in [2.45, 2.75) is 39.0 Å². The summed E-state index contributed by atoms with van der Waals surface area (Å²) in [6, 6.07) is 54.8. The zero-order chi connectivity index (χ0) is 35.3. The average Bonchev–Trinajstić information content (AvgIpc) is 3.37. The van der Waals surface area contributed by atoms with E-state index in [1.54, 1.807) is 0 Å². The van der Waals surface area contributed by atoms with Crippen molar-refractivity contribution in [3.63, 3.8) is 0 Å². The number of fused-ring (bicyclic) bond motifs is 7. The second-order valence-electron chi connectivity index (χ2n) is 13.2. The van der Waals surface area contributed by atoms with Gasteiger partial charge in [0.15, 0.2) is 0 Å². The van der Waals surface area contributed by atoms with Crippen LogP contribution in [0.3, 0.4) is 0 Å². The lowest BCUT2D eigenvalue weighted by Crippen LogP contribution is -2.27. The third kappa shape index (κ3) is 7.09. The van der Waals surface area contributed by atoms with E-state index in [1.165, 1.54) is 21.9 Å². The van der Waals surface area contributed by atoms with Crippen LogP contribution in [0.25, 0.3) is 43.5 Å². The van der Waals surface area contributed by atoms with Gasteiger partial charge in [-0.3, -0.25) is 0 Å². The van der Waals surface area contributed by atoms with Gasteiger partial charge in [0.1, 0.15) is 16.9 Å². The molecular weight excluding hydrogens is 661 g/mol. The van der Waals surface area contributed by atoms with Gasteiger partial charge in [-0.05, 0) is 76.3 Å². The Balaban J connectivity index is 1.15. The highest BCUT2D eigenvalue weighted by atomic mass is 31.1. The number of ether oxygens (including phenoxy) is 2. The molecule has 0 spiro atoms. The molecule has 6 heteroatoms. The Hall–Kier alpha value is -5.32. The maximum absolute atomic E-state index is 7.11. The van der Waals surface area contributed by atoms with Gasteiger partial charge in [-0.25, -0.2) is 0 Å². The minimum atomic E-state index is -1.62. The van der Waals surface area contributed by atoms with Crippen molar-refractivity contribution in [2.24, 2.45) is 0 Å². The Morgan fingerprint density at radius 2 is 1.06 bits per heavy atom. The molecule has 0 aliphatic rings. The fourth-order valence-corrected chi connectivity index (χ4v) is 8.76. The molecule has 5 nitrogen and oxygen atoms in total. The van der Waals surface area contributed by atoms with Crippen LogP contribution >= 0.6 is 8.16 Å². The molecule has 1 aromatic heterocycles. The molecule has 0 fully saturated rings. The molecule has 0 aliphatic heterocycles. The highest BCUT2D eigenvalue weighted by Gasteiger charge is 2.29. The predicted molar refractivity (Wildman–Crippen MR) is 215 cm³/mol. The van der Waals surface area contributed by atoms with Crippen molar-refractivity contribution in [3.8, 4) is 5.75 Å². The fourth-order valence-electron chi connectivity index (χ4n) is 7.07. The first-order chi connectivity index (χ1) is 25.6. The van der Waals surface area contributed by atoms with Gasteiger partial charge in [0.2, 0.25) is 0 Å². The van der Waals surface area contributed by atoms with Gasteiger partial charge >= 0.3 is 8.16 Å². The molecule has 0 N–H and O–H groups in total. The number of hydrogen-bond donors (Lipinski definition) is 0. The van der Waals surface area contributed by atoms with Gasteiger partial charge in [-0.2, -0.15) is 4.67 Å². The van der Waals surface area contributed by atoms with Gasteiger partial charge in [0, 0.05) is 29.3 Å². The minimum Gasteiger partial charge on any atom is -0.494 e. The van der Waals surface area contributed by atoms with Gasteiger partial charge in [-0.1, -0.05) is 133 Å². The summed E-state index contributed by atoms with van der Waals surface area (Å²) in [6.45, 7) is 6.34. The number of nitrogens with zero attached hydrogens (tertiary/aromatic N) is 1. The molecule has 0 saturated carbocycles. The van der Waals surface area contributed by atoms with E-state index in [0.717, 1.165) is 50.4 Å². The quantitative estimate of drug-likeness (QED) is 0.119. The van der Waals surface area contributed by atoms with E-state index >= 15 is 0 Å². The summed E-state index contributed by atoms with van der Waals surface area (Å²) in [5.74, 6) is 0.843. The van der Waals surface area contributed by atoms with Gasteiger partial charge in [0.05, 0.1) is 19.8 Å². The molecule has 8 rings (SSSR count). The highest BCUT2D eigenvalue weighted by molar-refractivity contribution is 7.39. The largest absolute Gasteiger partial charge is 0.494 e. The zero-order valence-electron chi connectivity index (χ0n) is 29.5. The van der Waals surface area contributed by atoms with E-state index in [9.17, 15) is 0 Å². The molecule has 0 radical (unpaired) electrons. The van der Waals surface area contributed by atoms with E-state index in [0.29, 0.717) is 19.8 Å². The molecule has 0 saturated heterocycles. The Kier molecular flexibility index (Phi) is 10.1. The van der Waals surface area contributed by atoms with E-state index in [2.05, 4.69) is 158 Å². The highest BCUT2D eigenvalue weighted by Crippen LogP contribution is 2.48. The van der Waals surface area contributed by atoms with Crippen LogP contribution in [0, 0.1) is 0 Å². The summed E-state index contributed by atoms with van der Waals surface area (Å²) in [4.78, 5) is 0. The standard InChI is InChI=1S/C46H42NO4P/c1-33(36-16-7-4-8-17-36)47(34(2)37-22-26-40(27-23-37)49-31-13-30-48-32-35-14-5-3-6-15-35)52-50-43-28-24-38-18-9-11-20-41(38)45(43)46-42-21-12-10-19-39(42)25-29-44(46)51-52/h3-12,14-29,33-34H,13,30-32H2,1-2H3/t33-,34-/m0/s1. The van der Waals surface area contributed by atoms with Crippen molar-refractivity contribution < 1.29 is 17.9 Å². The Labute approximate surface area is 305 Å². The van der Waals surface area contributed by atoms with Crippen LogP contribution in [0.2, 0.25) is 0 Å².